The second kappa shape index (κ2) is 8.34. The van der Waals surface area contributed by atoms with Crippen LogP contribution >= 0.6 is 0 Å². The van der Waals surface area contributed by atoms with Crippen molar-refractivity contribution in [2.75, 3.05) is 34.2 Å². The molecule has 21 heavy (non-hydrogen) atoms. The Kier molecular flexibility index (Phi) is 7.11. The van der Waals surface area contributed by atoms with Gasteiger partial charge in [-0.1, -0.05) is 6.92 Å². The molecule has 1 fully saturated rings. The highest BCUT2D eigenvalue weighted by Crippen LogP contribution is 2.27. The van der Waals surface area contributed by atoms with Crippen LogP contribution in [-0.2, 0) is 19.0 Å². The number of nitrogens with zero attached hydrogens (tertiary/aromatic N) is 2. The first-order valence-corrected chi connectivity index (χ1v) is 7.39. The van der Waals surface area contributed by atoms with Gasteiger partial charge >= 0.3 is 5.97 Å². The number of hydrogen-bond donors (Lipinski definition) is 0. The fourth-order valence-electron chi connectivity index (χ4n) is 2.23. The molecule has 1 unspecified atom stereocenters. The van der Waals surface area contributed by atoms with Crippen molar-refractivity contribution in [3.63, 3.8) is 0 Å². The third-order valence-corrected chi connectivity index (χ3v) is 4.15. The summed E-state index contributed by atoms with van der Waals surface area (Å²) >= 11 is 0. The average molecular weight is 300 g/mol. The lowest BCUT2D eigenvalue weighted by Gasteiger charge is -2.27. The van der Waals surface area contributed by atoms with Crippen LogP contribution in [0.5, 0.6) is 0 Å². The molecule has 122 valence electrons. The number of ether oxygens (including phenoxy) is 3. The minimum absolute atomic E-state index is 0.00825. The topological polar surface area (TPSA) is 60.4 Å². The van der Waals surface area contributed by atoms with Crippen LogP contribution in [0.15, 0.2) is 5.10 Å². The van der Waals surface area contributed by atoms with Gasteiger partial charge in [-0.15, -0.1) is 0 Å². The molecule has 0 aromatic carbocycles. The molecular weight excluding hydrogens is 272 g/mol. The summed E-state index contributed by atoms with van der Waals surface area (Å²) in [7, 11) is 3.03. The summed E-state index contributed by atoms with van der Waals surface area (Å²) in [4.78, 5) is 11.8. The number of esters is 1. The van der Waals surface area contributed by atoms with Crippen molar-refractivity contribution in [2.45, 2.75) is 39.7 Å². The first-order valence-electron chi connectivity index (χ1n) is 7.39. The summed E-state index contributed by atoms with van der Waals surface area (Å²) in [5.74, 6) is -0.228. The van der Waals surface area contributed by atoms with Crippen molar-refractivity contribution >= 4 is 12.2 Å². The summed E-state index contributed by atoms with van der Waals surface area (Å²) < 4.78 is 15.1. The first kappa shape index (κ1) is 17.9. The molecule has 6 nitrogen and oxygen atoms in total. The van der Waals surface area contributed by atoms with Gasteiger partial charge in [-0.05, 0) is 26.7 Å². The van der Waals surface area contributed by atoms with E-state index >= 15 is 0 Å². The Morgan fingerprint density at radius 2 is 2.19 bits per heavy atom. The highest BCUT2D eigenvalue weighted by Gasteiger charge is 2.34. The molecule has 0 bridgehead atoms. The molecule has 1 heterocycles. The Balaban J connectivity index is 2.55. The van der Waals surface area contributed by atoms with Crippen LogP contribution in [0.2, 0.25) is 0 Å². The fourth-order valence-corrected chi connectivity index (χ4v) is 2.23. The highest BCUT2D eigenvalue weighted by molar-refractivity contribution is 5.80. The van der Waals surface area contributed by atoms with Gasteiger partial charge in [0.05, 0.1) is 25.2 Å². The molecule has 0 radical (unpaired) electrons. The van der Waals surface area contributed by atoms with Gasteiger partial charge in [-0.25, -0.2) is 0 Å². The SMILES string of the molecule is COCOC[C@@H]1CCCN1/N=C/C(C)C(C)(C)C(=O)OC. The quantitative estimate of drug-likeness (QED) is 0.296. The van der Waals surface area contributed by atoms with Crippen LogP contribution in [0.25, 0.3) is 0 Å². The van der Waals surface area contributed by atoms with Crippen molar-refractivity contribution < 1.29 is 19.0 Å². The summed E-state index contributed by atoms with van der Waals surface area (Å²) in [6.45, 7) is 7.56. The monoisotopic (exact) mass is 300 g/mol. The Bertz CT molecular complexity index is 358. The molecule has 0 aromatic rings. The zero-order valence-electron chi connectivity index (χ0n) is 13.8. The lowest BCUT2D eigenvalue weighted by molar-refractivity contribution is -0.152. The molecule has 0 amide bonds. The van der Waals surface area contributed by atoms with E-state index in [0.29, 0.717) is 13.4 Å². The maximum Gasteiger partial charge on any atom is 0.311 e. The second-order valence-electron chi connectivity index (χ2n) is 6.00. The highest BCUT2D eigenvalue weighted by atomic mass is 16.7. The van der Waals surface area contributed by atoms with Gasteiger partial charge in [0.2, 0.25) is 0 Å². The van der Waals surface area contributed by atoms with Crippen LogP contribution in [-0.4, -0.2) is 57.4 Å². The number of carbonyl (C=O) groups is 1. The summed E-state index contributed by atoms with van der Waals surface area (Å²) in [6, 6.07) is 0.282. The smallest absolute Gasteiger partial charge is 0.311 e. The van der Waals surface area contributed by atoms with Crippen molar-refractivity contribution in [2.24, 2.45) is 16.4 Å². The van der Waals surface area contributed by atoms with E-state index in [1.165, 1.54) is 7.11 Å². The van der Waals surface area contributed by atoms with E-state index in [0.717, 1.165) is 19.4 Å². The largest absolute Gasteiger partial charge is 0.469 e. The van der Waals surface area contributed by atoms with Crippen molar-refractivity contribution in [1.29, 1.82) is 0 Å². The van der Waals surface area contributed by atoms with Crippen molar-refractivity contribution in [1.82, 2.24) is 5.01 Å². The van der Waals surface area contributed by atoms with Gasteiger partial charge in [0.15, 0.2) is 0 Å². The number of methoxy groups -OCH3 is 2. The predicted molar refractivity (Wildman–Crippen MR) is 81.0 cm³/mol. The molecular formula is C15H28N2O4. The van der Waals surface area contributed by atoms with Gasteiger partial charge in [-0.3, -0.25) is 9.80 Å². The van der Waals surface area contributed by atoms with E-state index in [9.17, 15) is 4.79 Å². The normalized spacial score (nSPS) is 21.0. The summed E-state index contributed by atoms with van der Waals surface area (Å²) in [5, 5.41) is 6.59. The molecule has 0 saturated carbocycles. The van der Waals surface area contributed by atoms with Crippen LogP contribution in [0.4, 0.5) is 0 Å². The zero-order valence-corrected chi connectivity index (χ0v) is 13.8. The predicted octanol–water partition coefficient (Wildman–Crippen LogP) is 1.89. The van der Waals surface area contributed by atoms with E-state index in [1.54, 1.807) is 7.11 Å². The minimum atomic E-state index is -0.583. The van der Waals surface area contributed by atoms with Gasteiger partial charge in [0, 0.05) is 25.8 Å². The molecule has 0 aliphatic carbocycles. The second-order valence-corrected chi connectivity index (χ2v) is 6.00. The molecule has 6 heteroatoms. The molecule has 0 N–H and O–H groups in total. The van der Waals surface area contributed by atoms with Gasteiger partial charge in [-0.2, -0.15) is 5.10 Å². The molecule has 0 aromatic heterocycles. The van der Waals surface area contributed by atoms with Crippen LogP contribution in [0.3, 0.4) is 0 Å². The summed E-state index contributed by atoms with van der Waals surface area (Å²) in [5.41, 5.74) is -0.583. The van der Waals surface area contributed by atoms with E-state index in [2.05, 4.69) is 5.10 Å². The fraction of sp³-hybridized carbons (Fsp3) is 0.867. The van der Waals surface area contributed by atoms with Crippen molar-refractivity contribution in [3.05, 3.63) is 0 Å². The Labute approximate surface area is 127 Å². The average Bonchev–Trinajstić information content (AvgIpc) is 2.91. The number of hydrazone groups is 1. The molecule has 1 saturated heterocycles. The van der Waals surface area contributed by atoms with Gasteiger partial charge in [0.25, 0.3) is 0 Å². The lowest BCUT2D eigenvalue weighted by Crippen LogP contribution is -2.35. The zero-order chi connectivity index (χ0) is 15.9. The van der Waals surface area contributed by atoms with E-state index in [4.69, 9.17) is 14.2 Å². The molecule has 1 aliphatic heterocycles. The summed E-state index contributed by atoms with van der Waals surface area (Å²) in [6.07, 6.45) is 4.01. The molecule has 0 spiro atoms. The maximum atomic E-state index is 11.8. The van der Waals surface area contributed by atoms with E-state index < -0.39 is 5.41 Å². The molecule has 1 rings (SSSR count). The van der Waals surface area contributed by atoms with Crippen molar-refractivity contribution in [3.8, 4) is 0 Å². The minimum Gasteiger partial charge on any atom is -0.469 e. The maximum absolute atomic E-state index is 11.8. The standard InChI is InChI=1S/C15H28N2O4/c1-12(15(2,3)14(18)20-5)9-16-17-8-6-7-13(17)10-21-11-19-4/h9,12-13H,6-8,10-11H2,1-5H3/b16-9+/t12?,13-/m0/s1. The lowest BCUT2D eigenvalue weighted by atomic mass is 9.81. The van der Waals surface area contributed by atoms with E-state index in [1.807, 2.05) is 32.0 Å². The van der Waals surface area contributed by atoms with Gasteiger partial charge < -0.3 is 14.2 Å². The Morgan fingerprint density at radius 3 is 2.81 bits per heavy atom. The van der Waals surface area contributed by atoms with Gasteiger partial charge in [0.1, 0.15) is 6.79 Å². The Morgan fingerprint density at radius 1 is 1.48 bits per heavy atom. The van der Waals surface area contributed by atoms with Crippen LogP contribution in [0, 0.1) is 11.3 Å². The molecule has 2 atom stereocenters. The number of rotatable bonds is 8. The van der Waals surface area contributed by atoms with E-state index in [-0.39, 0.29) is 17.9 Å². The first-order chi connectivity index (χ1) is 9.93. The third kappa shape index (κ3) is 4.97. The van der Waals surface area contributed by atoms with Crippen LogP contribution < -0.4 is 0 Å². The Hall–Kier alpha value is -1.14. The molecule has 1 aliphatic rings. The van der Waals surface area contributed by atoms with Crippen LogP contribution in [0.1, 0.15) is 33.6 Å². The number of carbonyl (C=O) groups excluding carboxylic acids is 1. The number of hydrogen-bond acceptors (Lipinski definition) is 6. The third-order valence-electron chi connectivity index (χ3n) is 4.15.